The number of nitrogens with one attached hydrogen (secondary N) is 1. The molecule has 0 spiro atoms. The first-order valence-corrected chi connectivity index (χ1v) is 9.77. The van der Waals surface area contributed by atoms with Crippen LogP contribution >= 0.6 is 0 Å². The molecule has 6 heteroatoms. The van der Waals surface area contributed by atoms with Gasteiger partial charge in [0, 0.05) is 12.2 Å². The summed E-state index contributed by atoms with van der Waals surface area (Å²) in [4.78, 5) is 22.2. The summed E-state index contributed by atoms with van der Waals surface area (Å²) in [5.41, 5.74) is 3.14. The molecule has 4 heterocycles. The first kappa shape index (κ1) is 17.5. The Morgan fingerprint density at radius 1 is 1.27 bits per heavy atom. The van der Waals surface area contributed by atoms with Crippen molar-refractivity contribution in [3.8, 4) is 0 Å². The normalized spacial score (nSPS) is 22.9. The van der Waals surface area contributed by atoms with Crippen molar-refractivity contribution in [3.63, 3.8) is 0 Å². The van der Waals surface area contributed by atoms with Gasteiger partial charge in [0.2, 0.25) is 5.91 Å². The summed E-state index contributed by atoms with van der Waals surface area (Å²) in [5.74, 6) is 0.170. The van der Waals surface area contributed by atoms with Crippen molar-refractivity contribution < 1.29 is 4.79 Å². The van der Waals surface area contributed by atoms with Crippen LogP contribution in [0.1, 0.15) is 36.9 Å². The van der Waals surface area contributed by atoms with E-state index < -0.39 is 0 Å². The van der Waals surface area contributed by atoms with Crippen LogP contribution in [0.5, 0.6) is 0 Å². The number of aryl methyl sites for hydroxylation is 1. The van der Waals surface area contributed by atoms with E-state index >= 15 is 0 Å². The third-order valence-electron chi connectivity index (χ3n) is 6.01. The Hall–Kier alpha value is -1.92. The third kappa shape index (κ3) is 3.35. The van der Waals surface area contributed by atoms with Gasteiger partial charge in [-0.05, 0) is 70.9 Å². The van der Waals surface area contributed by atoms with E-state index in [-0.39, 0.29) is 11.9 Å². The maximum absolute atomic E-state index is 12.9. The summed E-state index contributed by atoms with van der Waals surface area (Å²) >= 11 is 0. The molecular weight excluding hydrogens is 326 g/mol. The molecule has 2 aliphatic heterocycles. The highest BCUT2D eigenvalue weighted by atomic mass is 16.2. The van der Waals surface area contributed by atoms with Gasteiger partial charge in [-0.15, -0.1) is 0 Å². The Morgan fingerprint density at radius 2 is 2.08 bits per heavy atom. The van der Waals surface area contributed by atoms with Crippen molar-refractivity contribution in [2.45, 2.75) is 51.2 Å². The number of imidazole rings is 1. The van der Waals surface area contributed by atoms with Gasteiger partial charge in [0.05, 0.1) is 24.5 Å². The van der Waals surface area contributed by atoms with Crippen LogP contribution in [-0.2, 0) is 11.3 Å². The second-order valence-electron chi connectivity index (χ2n) is 7.78. The van der Waals surface area contributed by atoms with Gasteiger partial charge in [-0.25, -0.2) is 4.98 Å². The van der Waals surface area contributed by atoms with Crippen LogP contribution < -0.4 is 5.32 Å². The third-order valence-corrected chi connectivity index (χ3v) is 6.01. The minimum atomic E-state index is 0.0318. The van der Waals surface area contributed by atoms with Crippen molar-refractivity contribution in [1.82, 2.24) is 24.5 Å². The molecule has 1 amide bonds. The zero-order valence-electron chi connectivity index (χ0n) is 15.8. The molecule has 1 N–H and O–H groups in total. The number of aromatic nitrogens is 2. The van der Waals surface area contributed by atoms with Crippen molar-refractivity contribution >= 4 is 11.6 Å². The molecule has 0 radical (unpaired) electrons. The smallest absolute Gasteiger partial charge is 0.237 e. The molecule has 0 unspecified atom stereocenters. The molecule has 140 valence electrons. The number of fused-ring (bicyclic) bond motifs is 1. The maximum Gasteiger partial charge on any atom is 0.237 e. The summed E-state index contributed by atoms with van der Waals surface area (Å²) < 4.78 is 2.07. The summed E-state index contributed by atoms with van der Waals surface area (Å²) in [5, 5.41) is 3.16. The summed E-state index contributed by atoms with van der Waals surface area (Å²) in [6, 6.07) is 4.67. The number of nitrogens with zero attached hydrogens (tertiary/aromatic N) is 4. The highest BCUT2D eigenvalue weighted by Gasteiger charge is 2.36. The first-order valence-electron chi connectivity index (χ1n) is 9.77. The number of hydrogen-bond acceptors (Lipinski definition) is 4. The Balaban J connectivity index is 1.40. The molecule has 2 aromatic rings. The van der Waals surface area contributed by atoms with Crippen LogP contribution in [0.15, 0.2) is 24.5 Å². The average molecular weight is 355 g/mol. The predicted molar refractivity (Wildman–Crippen MR) is 102 cm³/mol. The fourth-order valence-electron chi connectivity index (χ4n) is 4.46. The second kappa shape index (κ2) is 7.37. The molecule has 2 aliphatic rings. The van der Waals surface area contributed by atoms with Crippen molar-refractivity contribution in [2.75, 3.05) is 26.7 Å². The van der Waals surface area contributed by atoms with E-state index in [4.69, 9.17) is 0 Å². The molecule has 1 atom stereocenters. The average Bonchev–Trinajstić information content (AvgIpc) is 3.28. The van der Waals surface area contributed by atoms with E-state index in [0.29, 0.717) is 12.6 Å². The molecule has 26 heavy (non-hydrogen) atoms. The van der Waals surface area contributed by atoms with Crippen LogP contribution in [0.3, 0.4) is 0 Å². The SMILES string of the molecule is Cc1cccn2c(CNC(=O)[C@@H]3CCCN3C3CCN(C)CC3)cnc12. The second-order valence-corrected chi connectivity index (χ2v) is 7.78. The van der Waals surface area contributed by atoms with E-state index in [9.17, 15) is 4.79 Å². The van der Waals surface area contributed by atoms with E-state index in [2.05, 4.69) is 44.5 Å². The van der Waals surface area contributed by atoms with Crippen LogP contribution in [0.4, 0.5) is 0 Å². The van der Waals surface area contributed by atoms with Gasteiger partial charge in [-0.2, -0.15) is 0 Å². The fraction of sp³-hybridized carbons (Fsp3) is 0.600. The number of piperidine rings is 1. The molecule has 2 fully saturated rings. The lowest BCUT2D eigenvalue weighted by molar-refractivity contribution is -0.126. The molecule has 2 aromatic heterocycles. The lowest BCUT2D eigenvalue weighted by atomic mass is 10.0. The van der Waals surface area contributed by atoms with Gasteiger partial charge >= 0.3 is 0 Å². The lowest BCUT2D eigenvalue weighted by Crippen LogP contribution is -2.50. The highest BCUT2D eigenvalue weighted by molar-refractivity contribution is 5.82. The minimum absolute atomic E-state index is 0.0318. The van der Waals surface area contributed by atoms with Crippen LogP contribution in [-0.4, -0.2) is 63.9 Å². The maximum atomic E-state index is 12.9. The number of pyridine rings is 1. The quantitative estimate of drug-likeness (QED) is 0.909. The molecule has 6 nitrogen and oxygen atoms in total. The minimum Gasteiger partial charge on any atom is -0.349 e. The number of carbonyl (C=O) groups is 1. The zero-order chi connectivity index (χ0) is 18.1. The molecule has 0 aromatic carbocycles. The van der Waals surface area contributed by atoms with Gasteiger partial charge in [0.25, 0.3) is 0 Å². The predicted octanol–water partition coefficient (Wildman–Crippen LogP) is 1.82. The summed E-state index contributed by atoms with van der Waals surface area (Å²) in [6.45, 7) is 5.92. The summed E-state index contributed by atoms with van der Waals surface area (Å²) in [7, 11) is 2.18. The summed E-state index contributed by atoms with van der Waals surface area (Å²) in [6.07, 6.45) is 8.33. The van der Waals surface area contributed by atoms with Crippen molar-refractivity contribution in [3.05, 3.63) is 35.8 Å². The molecule has 0 bridgehead atoms. The van der Waals surface area contributed by atoms with E-state index in [1.165, 1.54) is 12.8 Å². The van der Waals surface area contributed by atoms with Crippen molar-refractivity contribution in [2.24, 2.45) is 0 Å². The van der Waals surface area contributed by atoms with Gasteiger partial charge in [0.15, 0.2) is 0 Å². The Labute approximate surface area is 155 Å². The number of amides is 1. The van der Waals surface area contributed by atoms with Crippen LogP contribution in [0.2, 0.25) is 0 Å². The molecular formula is C20H29N5O. The lowest BCUT2D eigenvalue weighted by Gasteiger charge is -2.37. The van der Waals surface area contributed by atoms with E-state index in [0.717, 1.165) is 49.4 Å². The topological polar surface area (TPSA) is 52.9 Å². The number of rotatable bonds is 4. The van der Waals surface area contributed by atoms with E-state index in [1.54, 1.807) is 0 Å². The fourth-order valence-corrected chi connectivity index (χ4v) is 4.46. The standard InChI is InChI=1S/C20H29N5O/c1-15-5-3-10-25-17(13-21-19(15)25)14-22-20(26)18-6-4-9-24(18)16-7-11-23(2)12-8-16/h3,5,10,13,16,18H,4,6-9,11-12,14H2,1-2H3,(H,22,26)/t18-/m0/s1. The van der Waals surface area contributed by atoms with Crippen LogP contribution in [0.25, 0.3) is 5.65 Å². The number of likely N-dealkylation sites (tertiary alicyclic amines) is 2. The van der Waals surface area contributed by atoms with Gasteiger partial charge in [-0.1, -0.05) is 6.07 Å². The highest BCUT2D eigenvalue weighted by Crippen LogP contribution is 2.26. The van der Waals surface area contributed by atoms with Crippen LogP contribution in [0, 0.1) is 6.92 Å². The molecule has 4 rings (SSSR count). The Morgan fingerprint density at radius 3 is 2.88 bits per heavy atom. The van der Waals surface area contributed by atoms with Crippen molar-refractivity contribution in [1.29, 1.82) is 0 Å². The number of carbonyl (C=O) groups excluding carboxylic acids is 1. The van der Waals surface area contributed by atoms with Gasteiger partial charge in [0.1, 0.15) is 5.65 Å². The Kier molecular flexibility index (Phi) is 4.96. The first-order chi connectivity index (χ1) is 12.6. The molecule has 0 saturated carbocycles. The van der Waals surface area contributed by atoms with Gasteiger partial charge in [-0.3, -0.25) is 9.69 Å². The monoisotopic (exact) mass is 355 g/mol. The Bertz CT molecular complexity index is 778. The van der Waals surface area contributed by atoms with Gasteiger partial charge < -0.3 is 14.6 Å². The number of hydrogen-bond donors (Lipinski definition) is 1. The molecule has 0 aliphatic carbocycles. The molecule has 2 saturated heterocycles. The largest absolute Gasteiger partial charge is 0.349 e. The van der Waals surface area contributed by atoms with E-state index in [1.807, 2.05) is 18.5 Å². The zero-order valence-corrected chi connectivity index (χ0v) is 15.8.